The van der Waals surface area contributed by atoms with Crippen LogP contribution in [0.25, 0.3) is 0 Å². The monoisotopic (exact) mass is 218 g/mol. The Labute approximate surface area is 84.5 Å². The van der Waals surface area contributed by atoms with Crippen molar-refractivity contribution in [3.05, 3.63) is 28.6 Å². The van der Waals surface area contributed by atoms with E-state index < -0.39 is 4.92 Å². The van der Waals surface area contributed by atoms with Crippen molar-refractivity contribution < 1.29 is 4.92 Å². The van der Waals surface area contributed by atoms with E-state index in [1.807, 2.05) is 0 Å². The zero-order valence-corrected chi connectivity index (χ0v) is 8.22. The fourth-order valence-corrected chi connectivity index (χ4v) is 1.74. The van der Waals surface area contributed by atoms with Crippen molar-refractivity contribution in [1.82, 2.24) is 4.98 Å². The van der Waals surface area contributed by atoms with Gasteiger partial charge < -0.3 is 0 Å². The molecule has 0 bridgehead atoms. The fraction of sp³-hybridized carbons (Fsp3) is 0.286. The Morgan fingerprint density at radius 3 is 3.08 bits per heavy atom. The van der Waals surface area contributed by atoms with E-state index in [-0.39, 0.29) is 5.69 Å². The molecule has 0 radical (unpaired) electrons. The van der Waals surface area contributed by atoms with Gasteiger partial charge in [0.05, 0.1) is 9.82 Å². The second kappa shape index (κ2) is 5.04. The minimum absolute atomic E-state index is 0.0395. The van der Waals surface area contributed by atoms with Crippen LogP contribution in [0.1, 0.15) is 0 Å². The molecule has 0 aliphatic rings. The van der Waals surface area contributed by atoms with E-state index in [0.29, 0.717) is 16.5 Å². The van der Waals surface area contributed by atoms with E-state index in [2.05, 4.69) is 4.98 Å². The molecule has 1 aromatic heterocycles. The summed E-state index contributed by atoms with van der Waals surface area (Å²) in [5, 5.41) is 10.5. The molecular formula is C7H7ClN2O2S. The molecule has 4 nitrogen and oxygen atoms in total. The highest BCUT2D eigenvalue weighted by atomic mass is 35.5. The van der Waals surface area contributed by atoms with E-state index in [1.165, 1.54) is 24.2 Å². The smallest absolute Gasteiger partial charge is 0.258 e. The number of thioether (sulfide) groups is 1. The lowest BCUT2D eigenvalue weighted by Gasteiger charge is -1.98. The van der Waals surface area contributed by atoms with Gasteiger partial charge in [-0.15, -0.1) is 23.4 Å². The average molecular weight is 219 g/mol. The van der Waals surface area contributed by atoms with Gasteiger partial charge in [-0.3, -0.25) is 15.1 Å². The zero-order chi connectivity index (χ0) is 9.68. The molecule has 13 heavy (non-hydrogen) atoms. The molecule has 0 aliphatic heterocycles. The Bertz CT molecular complexity index is 308. The van der Waals surface area contributed by atoms with E-state index >= 15 is 0 Å². The molecule has 1 rings (SSSR count). The molecule has 0 saturated carbocycles. The maximum absolute atomic E-state index is 10.5. The summed E-state index contributed by atoms with van der Waals surface area (Å²) >= 11 is 6.84. The van der Waals surface area contributed by atoms with Crippen LogP contribution in [0.4, 0.5) is 5.69 Å². The van der Waals surface area contributed by atoms with Gasteiger partial charge in [-0.2, -0.15) is 0 Å². The Kier molecular flexibility index (Phi) is 3.98. The van der Waals surface area contributed by atoms with Crippen LogP contribution < -0.4 is 0 Å². The first-order valence-electron chi connectivity index (χ1n) is 3.53. The summed E-state index contributed by atoms with van der Waals surface area (Å²) in [7, 11) is 0. The average Bonchev–Trinajstić information content (AvgIpc) is 2.15. The quantitative estimate of drug-likeness (QED) is 0.337. The second-order valence-corrected chi connectivity index (χ2v) is 3.65. The standard InChI is InChI=1S/C7H7ClN2O2S/c8-2-4-13-7-1-3-9-5-6(7)10(11)12/h1,3,5H,2,4H2. The lowest BCUT2D eigenvalue weighted by atomic mass is 10.4. The number of alkyl halides is 1. The first kappa shape index (κ1) is 10.3. The Hall–Kier alpha value is -0.810. The maximum Gasteiger partial charge on any atom is 0.300 e. The third-order valence-corrected chi connectivity index (χ3v) is 2.77. The number of nitrogens with zero attached hydrogens (tertiary/aromatic N) is 2. The number of pyridine rings is 1. The van der Waals surface area contributed by atoms with E-state index in [0.717, 1.165) is 0 Å². The topological polar surface area (TPSA) is 56.0 Å². The summed E-state index contributed by atoms with van der Waals surface area (Å²) in [5.41, 5.74) is 0.0395. The molecule has 70 valence electrons. The molecule has 1 heterocycles. The Balaban J connectivity index is 2.84. The molecular weight excluding hydrogens is 212 g/mol. The lowest BCUT2D eigenvalue weighted by Crippen LogP contribution is -1.92. The van der Waals surface area contributed by atoms with Crippen LogP contribution in [-0.2, 0) is 0 Å². The minimum Gasteiger partial charge on any atom is -0.258 e. The minimum atomic E-state index is -0.441. The van der Waals surface area contributed by atoms with Gasteiger partial charge in [0.1, 0.15) is 6.20 Å². The SMILES string of the molecule is O=[N+]([O-])c1cnccc1SCCCl. The fourth-order valence-electron chi connectivity index (χ4n) is 0.781. The van der Waals surface area contributed by atoms with Crippen molar-refractivity contribution in [2.45, 2.75) is 4.90 Å². The first-order chi connectivity index (χ1) is 6.25. The lowest BCUT2D eigenvalue weighted by molar-refractivity contribution is -0.388. The van der Waals surface area contributed by atoms with Gasteiger partial charge in [-0.25, -0.2) is 0 Å². The number of aromatic nitrogens is 1. The summed E-state index contributed by atoms with van der Waals surface area (Å²) in [6.45, 7) is 0. The predicted molar refractivity (Wildman–Crippen MR) is 52.3 cm³/mol. The summed E-state index contributed by atoms with van der Waals surface area (Å²) in [4.78, 5) is 14.4. The molecule has 6 heteroatoms. The molecule has 0 unspecified atom stereocenters. The Morgan fingerprint density at radius 2 is 2.46 bits per heavy atom. The summed E-state index contributed by atoms with van der Waals surface area (Å²) in [5.74, 6) is 1.14. The van der Waals surface area contributed by atoms with Crippen molar-refractivity contribution >= 4 is 29.1 Å². The van der Waals surface area contributed by atoms with E-state index in [4.69, 9.17) is 11.6 Å². The van der Waals surface area contributed by atoms with Crippen molar-refractivity contribution in [2.75, 3.05) is 11.6 Å². The Morgan fingerprint density at radius 1 is 1.69 bits per heavy atom. The molecule has 0 spiro atoms. The largest absolute Gasteiger partial charge is 0.300 e. The van der Waals surface area contributed by atoms with Crippen LogP contribution in [0.5, 0.6) is 0 Å². The molecule has 0 aliphatic carbocycles. The summed E-state index contributed by atoms with van der Waals surface area (Å²) in [6.07, 6.45) is 2.78. The number of nitro groups is 1. The number of halogens is 1. The molecule has 0 aromatic carbocycles. The van der Waals surface area contributed by atoms with Crippen LogP contribution in [0, 0.1) is 10.1 Å². The van der Waals surface area contributed by atoms with Gasteiger partial charge in [0.15, 0.2) is 0 Å². The highest BCUT2D eigenvalue weighted by Gasteiger charge is 2.12. The summed E-state index contributed by atoms with van der Waals surface area (Å²) in [6, 6.07) is 1.62. The highest BCUT2D eigenvalue weighted by Crippen LogP contribution is 2.27. The van der Waals surface area contributed by atoms with Gasteiger partial charge in [0.25, 0.3) is 0 Å². The zero-order valence-electron chi connectivity index (χ0n) is 6.64. The van der Waals surface area contributed by atoms with Crippen molar-refractivity contribution in [3.8, 4) is 0 Å². The van der Waals surface area contributed by atoms with Crippen LogP contribution >= 0.6 is 23.4 Å². The normalized spacial score (nSPS) is 9.92. The molecule has 0 atom stereocenters. The van der Waals surface area contributed by atoms with Crippen LogP contribution in [-0.4, -0.2) is 21.5 Å². The molecule has 0 fully saturated rings. The van der Waals surface area contributed by atoms with E-state index in [9.17, 15) is 10.1 Å². The van der Waals surface area contributed by atoms with Crippen LogP contribution in [0.3, 0.4) is 0 Å². The van der Waals surface area contributed by atoms with Crippen LogP contribution in [0.15, 0.2) is 23.4 Å². The highest BCUT2D eigenvalue weighted by molar-refractivity contribution is 7.99. The molecule has 0 amide bonds. The third kappa shape index (κ3) is 2.86. The van der Waals surface area contributed by atoms with Crippen molar-refractivity contribution in [2.24, 2.45) is 0 Å². The van der Waals surface area contributed by atoms with Gasteiger partial charge in [-0.05, 0) is 6.07 Å². The van der Waals surface area contributed by atoms with Gasteiger partial charge >= 0.3 is 5.69 Å². The molecule has 0 saturated heterocycles. The van der Waals surface area contributed by atoms with Crippen LogP contribution in [0.2, 0.25) is 0 Å². The van der Waals surface area contributed by atoms with Gasteiger partial charge in [0, 0.05) is 17.8 Å². The number of rotatable bonds is 4. The third-order valence-electron chi connectivity index (χ3n) is 1.29. The van der Waals surface area contributed by atoms with Crippen molar-refractivity contribution in [1.29, 1.82) is 0 Å². The first-order valence-corrected chi connectivity index (χ1v) is 5.05. The van der Waals surface area contributed by atoms with E-state index in [1.54, 1.807) is 6.07 Å². The molecule has 1 aromatic rings. The predicted octanol–water partition coefficient (Wildman–Crippen LogP) is 2.32. The maximum atomic E-state index is 10.5. The number of hydrogen-bond donors (Lipinski definition) is 0. The summed E-state index contributed by atoms with van der Waals surface area (Å²) < 4.78 is 0. The number of hydrogen-bond acceptors (Lipinski definition) is 4. The van der Waals surface area contributed by atoms with Gasteiger partial charge in [-0.1, -0.05) is 0 Å². The second-order valence-electron chi connectivity index (χ2n) is 2.14. The van der Waals surface area contributed by atoms with Gasteiger partial charge in [0.2, 0.25) is 0 Å². The molecule has 0 N–H and O–H groups in total. The van der Waals surface area contributed by atoms with Crippen molar-refractivity contribution in [3.63, 3.8) is 0 Å².